The third-order valence-electron chi connectivity index (χ3n) is 3.10. The summed E-state index contributed by atoms with van der Waals surface area (Å²) in [6.45, 7) is 1.36. The second-order valence-electron chi connectivity index (χ2n) is 4.94. The molecular formula is C16H28O6. The van der Waals surface area contributed by atoms with Crippen LogP contribution in [0.1, 0.15) is 45.4 Å². The van der Waals surface area contributed by atoms with E-state index in [-0.39, 0.29) is 32.8 Å². The minimum Gasteiger partial charge on any atom is -0.463 e. The molecule has 0 amide bonds. The van der Waals surface area contributed by atoms with Gasteiger partial charge in [-0.3, -0.25) is 9.59 Å². The Morgan fingerprint density at radius 3 is 2.36 bits per heavy atom. The molecule has 0 aromatic heterocycles. The average molecular weight is 316 g/mol. The van der Waals surface area contributed by atoms with Gasteiger partial charge in [0, 0.05) is 0 Å². The van der Waals surface area contributed by atoms with E-state index in [2.05, 4.69) is 6.08 Å². The molecule has 0 radical (unpaired) electrons. The van der Waals surface area contributed by atoms with E-state index < -0.39 is 17.9 Å². The first kappa shape index (κ1) is 20.6. The van der Waals surface area contributed by atoms with Crippen LogP contribution in [-0.2, 0) is 19.1 Å². The number of allylic oxidation sites excluding steroid dienone is 2. The summed E-state index contributed by atoms with van der Waals surface area (Å²) in [6, 6.07) is 0. The molecule has 0 spiro atoms. The Morgan fingerprint density at radius 2 is 1.73 bits per heavy atom. The number of hydrogen-bond donors (Lipinski definition) is 2. The van der Waals surface area contributed by atoms with Gasteiger partial charge in [-0.1, -0.05) is 25.0 Å². The number of aliphatic hydroxyl groups is 2. The summed E-state index contributed by atoms with van der Waals surface area (Å²) >= 11 is 0. The fourth-order valence-electron chi connectivity index (χ4n) is 1.98. The molecule has 128 valence electrons. The maximum atomic E-state index is 11.9. The maximum Gasteiger partial charge on any atom is 0.309 e. The molecular weight excluding hydrogens is 288 g/mol. The van der Waals surface area contributed by atoms with Crippen molar-refractivity contribution in [3.8, 4) is 0 Å². The Labute approximate surface area is 132 Å². The Morgan fingerprint density at radius 1 is 1.05 bits per heavy atom. The maximum absolute atomic E-state index is 11.9. The molecule has 0 aromatic carbocycles. The van der Waals surface area contributed by atoms with E-state index in [0.29, 0.717) is 6.42 Å². The lowest BCUT2D eigenvalue weighted by Crippen LogP contribution is -2.23. The van der Waals surface area contributed by atoms with Crippen molar-refractivity contribution >= 4 is 11.9 Å². The largest absolute Gasteiger partial charge is 0.463 e. The number of aliphatic hydroxyl groups excluding tert-OH is 2. The van der Waals surface area contributed by atoms with Gasteiger partial charge in [0.05, 0.1) is 25.6 Å². The van der Waals surface area contributed by atoms with E-state index in [9.17, 15) is 9.59 Å². The van der Waals surface area contributed by atoms with Crippen molar-refractivity contribution in [1.82, 2.24) is 0 Å². The van der Waals surface area contributed by atoms with Crippen molar-refractivity contribution in [1.29, 1.82) is 0 Å². The standard InChI is InChI=1S/C16H28O6/c1-2-3-4-5-6-7-8-14(16(20)22-12-10-18)13-15(19)21-11-9-17/h2-3,14,17-18H,4-13H2,1H3/b3-2+. The second-order valence-corrected chi connectivity index (χ2v) is 4.94. The number of ether oxygens (including phenoxy) is 2. The van der Waals surface area contributed by atoms with Crippen LogP contribution in [-0.4, -0.2) is 48.6 Å². The highest BCUT2D eigenvalue weighted by molar-refractivity contribution is 5.79. The van der Waals surface area contributed by atoms with Gasteiger partial charge in [-0.05, 0) is 26.2 Å². The summed E-state index contributed by atoms with van der Waals surface area (Å²) in [7, 11) is 0. The molecule has 0 rings (SSSR count). The zero-order valence-corrected chi connectivity index (χ0v) is 13.3. The number of carbonyl (C=O) groups excluding carboxylic acids is 2. The number of rotatable bonds is 13. The molecule has 1 unspecified atom stereocenters. The highest BCUT2D eigenvalue weighted by Gasteiger charge is 2.23. The zero-order valence-electron chi connectivity index (χ0n) is 13.3. The van der Waals surface area contributed by atoms with Crippen LogP contribution in [0.2, 0.25) is 0 Å². The number of carbonyl (C=O) groups is 2. The van der Waals surface area contributed by atoms with Crippen LogP contribution < -0.4 is 0 Å². The van der Waals surface area contributed by atoms with Gasteiger partial charge < -0.3 is 19.7 Å². The second kappa shape index (κ2) is 14.5. The van der Waals surface area contributed by atoms with E-state index in [0.717, 1.165) is 25.7 Å². The molecule has 6 heteroatoms. The quantitative estimate of drug-likeness (QED) is 0.304. The molecule has 0 heterocycles. The van der Waals surface area contributed by atoms with Crippen LogP contribution in [0.4, 0.5) is 0 Å². The minimum atomic E-state index is -0.556. The highest BCUT2D eigenvalue weighted by Crippen LogP contribution is 2.17. The van der Waals surface area contributed by atoms with Crippen LogP contribution in [0.3, 0.4) is 0 Å². The predicted molar refractivity (Wildman–Crippen MR) is 82.1 cm³/mol. The predicted octanol–water partition coefficient (Wildman–Crippen LogP) is 1.59. The number of hydrogen-bond acceptors (Lipinski definition) is 6. The van der Waals surface area contributed by atoms with Gasteiger partial charge in [-0.25, -0.2) is 0 Å². The first-order valence-electron chi connectivity index (χ1n) is 7.80. The highest BCUT2D eigenvalue weighted by atomic mass is 16.5. The van der Waals surface area contributed by atoms with Crippen LogP contribution >= 0.6 is 0 Å². The van der Waals surface area contributed by atoms with Crippen molar-refractivity contribution in [2.75, 3.05) is 26.4 Å². The van der Waals surface area contributed by atoms with E-state index in [1.54, 1.807) is 0 Å². The first-order valence-corrected chi connectivity index (χ1v) is 7.80. The van der Waals surface area contributed by atoms with Crippen LogP contribution in [0.25, 0.3) is 0 Å². The molecule has 2 N–H and O–H groups in total. The van der Waals surface area contributed by atoms with Crippen LogP contribution in [0, 0.1) is 5.92 Å². The summed E-state index contributed by atoms with van der Waals surface area (Å²) in [4.78, 5) is 23.4. The van der Waals surface area contributed by atoms with Crippen molar-refractivity contribution < 1.29 is 29.3 Å². The lowest BCUT2D eigenvalue weighted by Gasteiger charge is -2.15. The molecule has 0 aliphatic rings. The Hall–Kier alpha value is -1.40. The van der Waals surface area contributed by atoms with Crippen molar-refractivity contribution in [2.24, 2.45) is 5.92 Å². The summed E-state index contributed by atoms with van der Waals surface area (Å²) < 4.78 is 9.68. The third-order valence-corrected chi connectivity index (χ3v) is 3.10. The van der Waals surface area contributed by atoms with E-state index in [4.69, 9.17) is 19.7 Å². The molecule has 0 aliphatic carbocycles. The van der Waals surface area contributed by atoms with Crippen LogP contribution in [0.5, 0.6) is 0 Å². The molecule has 0 aromatic rings. The Bertz CT molecular complexity index is 327. The van der Waals surface area contributed by atoms with Gasteiger partial charge in [0.25, 0.3) is 0 Å². The third kappa shape index (κ3) is 11.3. The summed E-state index contributed by atoms with van der Waals surface area (Å²) in [5.74, 6) is -1.56. The molecule has 0 saturated heterocycles. The first-order chi connectivity index (χ1) is 10.7. The van der Waals surface area contributed by atoms with Gasteiger partial charge in [0.2, 0.25) is 0 Å². The van der Waals surface area contributed by atoms with Gasteiger partial charge >= 0.3 is 11.9 Å². The van der Waals surface area contributed by atoms with Gasteiger partial charge in [0.1, 0.15) is 13.2 Å². The van der Waals surface area contributed by atoms with Gasteiger partial charge in [-0.2, -0.15) is 0 Å². The molecule has 0 bridgehead atoms. The minimum absolute atomic E-state index is 0.0564. The van der Waals surface area contributed by atoms with Crippen LogP contribution in [0.15, 0.2) is 12.2 Å². The Balaban J connectivity index is 4.20. The van der Waals surface area contributed by atoms with Crippen molar-refractivity contribution in [2.45, 2.75) is 45.4 Å². The monoisotopic (exact) mass is 316 g/mol. The molecule has 0 aliphatic heterocycles. The molecule has 0 fully saturated rings. The average Bonchev–Trinajstić information content (AvgIpc) is 2.52. The number of esters is 2. The lowest BCUT2D eigenvalue weighted by molar-refractivity contribution is -0.156. The summed E-state index contributed by atoms with van der Waals surface area (Å²) in [6.07, 6.45) is 8.44. The zero-order chi connectivity index (χ0) is 16.6. The molecule has 22 heavy (non-hydrogen) atoms. The van der Waals surface area contributed by atoms with E-state index in [1.807, 2.05) is 13.0 Å². The Kier molecular flexibility index (Phi) is 13.6. The fourth-order valence-corrected chi connectivity index (χ4v) is 1.98. The molecule has 6 nitrogen and oxygen atoms in total. The molecule has 1 atom stereocenters. The topological polar surface area (TPSA) is 93.1 Å². The van der Waals surface area contributed by atoms with Gasteiger partial charge in [-0.15, -0.1) is 0 Å². The van der Waals surface area contributed by atoms with E-state index >= 15 is 0 Å². The smallest absolute Gasteiger partial charge is 0.309 e. The van der Waals surface area contributed by atoms with Crippen molar-refractivity contribution in [3.63, 3.8) is 0 Å². The SMILES string of the molecule is C/C=C/CCCCCC(CC(=O)OCCO)C(=O)OCCO. The van der Waals surface area contributed by atoms with E-state index in [1.165, 1.54) is 0 Å². The normalized spacial score (nSPS) is 12.3. The summed E-state index contributed by atoms with van der Waals surface area (Å²) in [5.41, 5.74) is 0. The van der Waals surface area contributed by atoms with Gasteiger partial charge in [0.15, 0.2) is 0 Å². The number of unbranched alkanes of at least 4 members (excludes halogenated alkanes) is 3. The van der Waals surface area contributed by atoms with Crippen molar-refractivity contribution in [3.05, 3.63) is 12.2 Å². The summed E-state index contributed by atoms with van der Waals surface area (Å²) in [5, 5.41) is 17.3. The molecule has 0 saturated carbocycles. The lowest BCUT2D eigenvalue weighted by atomic mass is 9.97. The fraction of sp³-hybridized carbons (Fsp3) is 0.750.